The number of H-pyrrole nitrogens is 2. The van der Waals surface area contributed by atoms with Crippen molar-refractivity contribution in [1.82, 2.24) is 10.2 Å². The molecule has 174 valence electrons. The van der Waals surface area contributed by atoms with Gasteiger partial charge in [0.25, 0.3) is 5.56 Å². The van der Waals surface area contributed by atoms with Crippen molar-refractivity contribution < 1.29 is 23.7 Å². The van der Waals surface area contributed by atoms with E-state index in [2.05, 4.69) is 16.3 Å². The van der Waals surface area contributed by atoms with Crippen LogP contribution in [0.4, 0.5) is 0 Å². The van der Waals surface area contributed by atoms with Gasteiger partial charge in [0.2, 0.25) is 11.7 Å². The zero-order valence-electron chi connectivity index (χ0n) is 18.8. The first-order valence-electron chi connectivity index (χ1n) is 10.6. The predicted octanol–water partition coefficient (Wildman–Crippen LogP) is 2.26. The molecule has 0 spiro atoms. The van der Waals surface area contributed by atoms with Crippen LogP contribution >= 0.6 is 0 Å². The maximum atomic E-state index is 12.9. The lowest BCUT2D eigenvalue weighted by Gasteiger charge is -2.21. The number of aromatic nitrogens is 2. The minimum Gasteiger partial charge on any atom is -0.493 e. The van der Waals surface area contributed by atoms with Crippen molar-refractivity contribution in [2.24, 2.45) is 5.73 Å². The summed E-state index contributed by atoms with van der Waals surface area (Å²) in [7, 11) is 4.52. The number of rotatable bonds is 9. The molecular formula is C24H27N3O6. The molecular weight excluding hydrogens is 426 g/mol. The van der Waals surface area contributed by atoms with Crippen LogP contribution < -0.4 is 30.2 Å². The van der Waals surface area contributed by atoms with Crippen LogP contribution in [0.15, 0.2) is 35.1 Å². The van der Waals surface area contributed by atoms with Gasteiger partial charge in [0.1, 0.15) is 5.75 Å². The molecule has 0 aliphatic carbocycles. The summed E-state index contributed by atoms with van der Waals surface area (Å²) in [6, 6.07) is 9.47. The molecule has 9 nitrogen and oxygen atoms in total. The molecule has 0 saturated carbocycles. The van der Waals surface area contributed by atoms with Gasteiger partial charge in [0, 0.05) is 42.0 Å². The number of benzene rings is 2. The number of fused-ring (bicyclic) bond motifs is 1. The molecule has 0 fully saturated rings. The molecule has 4 N–H and O–H groups in total. The molecule has 3 aromatic rings. The quantitative estimate of drug-likeness (QED) is 0.456. The first kappa shape index (κ1) is 22.3. The number of methoxy groups -OCH3 is 3. The van der Waals surface area contributed by atoms with E-state index in [1.54, 1.807) is 12.1 Å². The average molecular weight is 453 g/mol. The molecule has 1 amide bonds. The van der Waals surface area contributed by atoms with E-state index in [9.17, 15) is 9.59 Å². The molecule has 2 aromatic carbocycles. The monoisotopic (exact) mass is 453 g/mol. The molecule has 1 aromatic heterocycles. The van der Waals surface area contributed by atoms with E-state index in [1.165, 1.54) is 21.3 Å². The minimum absolute atomic E-state index is 0.0855. The van der Waals surface area contributed by atoms with E-state index >= 15 is 0 Å². The lowest BCUT2D eigenvalue weighted by atomic mass is 9.86. The van der Waals surface area contributed by atoms with Gasteiger partial charge in [-0.15, -0.1) is 0 Å². The number of carbonyl (C=O) groups is 1. The predicted molar refractivity (Wildman–Crippen MR) is 122 cm³/mol. The number of carbonyl (C=O) groups excluding carboxylic acids is 1. The maximum Gasteiger partial charge on any atom is 0.267 e. The van der Waals surface area contributed by atoms with E-state index in [0.29, 0.717) is 47.1 Å². The number of hydrogen-bond acceptors (Lipinski definition) is 6. The van der Waals surface area contributed by atoms with Crippen LogP contribution in [-0.4, -0.2) is 44.0 Å². The van der Waals surface area contributed by atoms with E-state index < -0.39 is 11.8 Å². The highest BCUT2D eigenvalue weighted by Crippen LogP contribution is 2.45. The second kappa shape index (κ2) is 9.32. The molecule has 9 heteroatoms. The third kappa shape index (κ3) is 4.26. The molecule has 33 heavy (non-hydrogen) atoms. The summed E-state index contributed by atoms with van der Waals surface area (Å²) in [4.78, 5) is 25.0. The van der Waals surface area contributed by atoms with E-state index in [-0.39, 0.29) is 12.0 Å². The van der Waals surface area contributed by atoms with Gasteiger partial charge >= 0.3 is 0 Å². The second-order valence-corrected chi connectivity index (χ2v) is 7.84. The highest BCUT2D eigenvalue weighted by molar-refractivity contribution is 5.76. The molecule has 0 bridgehead atoms. The fourth-order valence-corrected chi connectivity index (χ4v) is 4.43. The first-order chi connectivity index (χ1) is 16.0. The van der Waals surface area contributed by atoms with Crippen molar-refractivity contribution in [2.45, 2.75) is 25.2 Å². The molecule has 1 atom stereocenters. The highest BCUT2D eigenvalue weighted by atomic mass is 16.5. The fraction of sp³-hybridized carbons (Fsp3) is 0.333. The Morgan fingerprint density at radius 3 is 2.58 bits per heavy atom. The molecule has 4 rings (SSSR count). The van der Waals surface area contributed by atoms with Crippen molar-refractivity contribution >= 4 is 5.91 Å². The summed E-state index contributed by atoms with van der Waals surface area (Å²) < 4.78 is 22.1. The lowest BCUT2D eigenvalue weighted by molar-refractivity contribution is -0.118. The zero-order valence-corrected chi connectivity index (χ0v) is 18.8. The third-order valence-electron chi connectivity index (χ3n) is 5.90. The van der Waals surface area contributed by atoms with Crippen molar-refractivity contribution in [3.05, 3.63) is 68.6 Å². The SMILES string of the molecule is COc1ccc([C@@H](CC(N)=O)c2c(Cc3ccc4c(c3)CCO4)[nH][nH]c2=O)c(OC)c1OC. The van der Waals surface area contributed by atoms with Crippen LogP contribution in [0.25, 0.3) is 0 Å². The summed E-state index contributed by atoms with van der Waals surface area (Å²) in [6.07, 6.45) is 1.23. The minimum atomic E-state index is -0.653. The van der Waals surface area contributed by atoms with Crippen molar-refractivity contribution in [3.63, 3.8) is 0 Å². The Bertz CT molecular complexity index is 1230. The summed E-state index contributed by atoms with van der Waals surface area (Å²) >= 11 is 0. The van der Waals surface area contributed by atoms with Crippen LogP contribution in [-0.2, 0) is 17.6 Å². The Hall–Kier alpha value is -3.88. The topological polar surface area (TPSA) is 129 Å². The van der Waals surface area contributed by atoms with Gasteiger partial charge in [0.15, 0.2) is 11.5 Å². The van der Waals surface area contributed by atoms with Crippen LogP contribution in [0.3, 0.4) is 0 Å². The van der Waals surface area contributed by atoms with E-state index in [4.69, 9.17) is 24.7 Å². The molecule has 2 heterocycles. The molecule has 1 aliphatic heterocycles. The molecule has 0 unspecified atom stereocenters. The van der Waals surface area contributed by atoms with Gasteiger partial charge in [-0.2, -0.15) is 0 Å². The molecule has 0 radical (unpaired) electrons. The summed E-state index contributed by atoms with van der Waals surface area (Å²) in [5.74, 6) is 0.921. The van der Waals surface area contributed by atoms with E-state index in [0.717, 1.165) is 23.3 Å². The number of amides is 1. The number of nitrogens with one attached hydrogen (secondary N) is 2. The fourth-order valence-electron chi connectivity index (χ4n) is 4.43. The molecule has 1 aliphatic rings. The largest absolute Gasteiger partial charge is 0.493 e. The van der Waals surface area contributed by atoms with Crippen LogP contribution in [0, 0.1) is 0 Å². The Balaban J connectivity index is 1.81. The van der Waals surface area contributed by atoms with E-state index in [1.807, 2.05) is 12.1 Å². The lowest BCUT2D eigenvalue weighted by Crippen LogP contribution is -2.21. The zero-order chi connectivity index (χ0) is 23.5. The summed E-state index contributed by atoms with van der Waals surface area (Å²) in [6.45, 7) is 0.671. The van der Waals surface area contributed by atoms with Crippen LogP contribution in [0.5, 0.6) is 23.0 Å². The number of aromatic amines is 2. The van der Waals surface area contributed by atoms with Gasteiger partial charge in [-0.1, -0.05) is 18.2 Å². The van der Waals surface area contributed by atoms with Gasteiger partial charge in [-0.25, -0.2) is 0 Å². The Labute approximate surface area is 190 Å². The first-order valence-corrected chi connectivity index (χ1v) is 10.6. The highest BCUT2D eigenvalue weighted by Gasteiger charge is 2.30. The van der Waals surface area contributed by atoms with Crippen molar-refractivity contribution in [1.29, 1.82) is 0 Å². The Morgan fingerprint density at radius 1 is 1.09 bits per heavy atom. The Morgan fingerprint density at radius 2 is 1.88 bits per heavy atom. The van der Waals surface area contributed by atoms with Gasteiger partial charge in [0.05, 0.1) is 27.9 Å². The third-order valence-corrected chi connectivity index (χ3v) is 5.90. The van der Waals surface area contributed by atoms with Crippen molar-refractivity contribution in [3.8, 4) is 23.0 Å². The van der Waals surface area contributed by atoms with Gasteiger partial charge in [-0.3, -0.25) is 14.7 Å². The van der Waals surface area contributed by atoms with Crippen molar-refractivity contribution in [2.75, 3.05) is 27.9 Å². The summed E-state index contributed by atoms with van der Waals surface area (Å²) in [5.41, 5.74) is 9.13. The second-order valence-electron chi connectivity index (χ2n) is 7.84. The number of hydrogen-bond donors (Lipinski definition) is 3. The van der Waals surface area contributed by atoms with Gasteiger partial charge < -0.3 is 29.8 Å². The normalized spacial score (nSPS) is 13.2. The maximum absolute atomic E-state index is 12.9. The van der Waals surface area contributed by atoms with Gasteiger partial charge in [-0.05, 0) is 23.3 Å². The smallest absolute Gasteiger partial charge is 0.267 e. The number of nitrogens with two attached hydrogens (primary N) is 1. The number of primary amides is 1. The Kier molecular flexibility index (Phi) is 6.30. The number of ether oxygens (including phenoxy) is 4. The van der Waals surface area contributed by atoms with Crippen LogP contribution in [0.2, 0.25) is 0 Å². The standard InChI is InChI=1S/C24H27N3O6/c1-30-19-7-5-15(22(31-2)23(19)32-3)16(12-20(25)28)21-17(26-27-24(21)29)11-13-4-6-18-14(10-13)8-9-33-18/h4-7,10,16H,8-9,11-12H2,1-3H3,(H2,25,28)(H2,26,27,29)/t16-/m1/s1. The average Bonchev–Trinajstić information content (AvgIpc) is 3.42. The molecule has 0 saturated heterocycles. The van der Waals surface area contributed by atoms with Crippen LogP contribution in [0.1, 0.15) is 40.3 Å². The summed E-state index contributed by atoms with van der Waals surface area (Å²) in [5, 5.41) is 5.65.